The molecule has 4 nitrogen and oxygen atoms in total. The lowest BCUT2D eigenvalue weighted by molar-refractivity contribution is -0.132. The maximum absolute atomic E-state index is 11.9. The molecule has 114 valence electrons. The van der Waals surface area contributed by atoms with Crippen LogP contribution in [0.15, 0.2) is 28.7 Å². The van der Waals surface area contributed by atoms with Gasteiger partial charge in [0.1, 0.15) is 12.4 Å². The monoisotopic (exact) mass is 364 g/mol. The molecule has 1 atom stereocenters. The van der Waals surface area contributed by atoms with Gasteiger partial charge in [-0.3, -0.25) is 4.79 Å². The third kappa shape index (κ3) is 6.11. The fourth-order valence-corrected chi connectivity index (χ4v) is 1.75. The molecule has 0 aliphatic heterocycles. The minimum atomic E-state index is -0.447. The Bertz CT molecular complexity index is 412. The summed E-state index contributed by atoms with van der Waals surface area (Å²) >= 11 is 3.36. The van der Waals surface area contributed by atoms with Gasteiger partial charge in [-0.05, 0) is 30.2 Å². The molecule has 0 aromatic heterocycles. The summed E-state index contributed by atoms with van der Waals surface area (Å²) in [6.07, 6.45) is 0. The molecule has 0 unspecified atom stereocenters. The number of benzene rings is 1. The zero-order valence-corrected chi connectivity index (χ0v) is 14.4. The Morgan fingerprint density at radius 2 is 1.90 bits per heavy atom. The van der Waals surface area contributed by atoms with Crippen molar-refractivity contribution in [2.24, 2.45) is 11.7 Å². The van der Waals surface area contributed by atoms with Crippen molar-refractivity contribution < 1.29 is 9.53 Å². The second kappa shape index (κ2) is 9.21. The van der Waals surface area contributed by atoms with Gasteiger partial charge in [0.05, 0.1) is 12.6 Å². The van der Waals surface area contributed by atoms with E-state index in [4.69, 9.17) is 10.5 Å². The molecule has 0 spiro atoms. The second-order valence-electron chi connectivity index (χ2n) is 4.83. The Balaban J connectivity index is 0.00000361. The fourth-order valence-electron chi connectivity index (χ4n) is 1.48. The van der Waals surface area contributed by atoms with Gasteiger partial charge in [-0.1, -0.05) is 29.8 Å². The summed E-state index contributed by atoms with van der Waals surface area (Å²) in [4.78, 5) is 13.5. The number of hydrogen-bond acceptors (Lipinski definition) is 3. The van der Waals surface area contributed by atoms with Crippen molar-refractivity contribution in [3.8, 4) is 5.75 Å². The number of halogens is 2. The van der Waals surface area contributed by atoms with Crippen LogP contribution in [0.25, 0.3) is 0 Å². The molecule has 0 bridgehead atoms. The molecule has 1 aromatic carbocycles. The van der Waals surface area contributed by atoms with E-state index in [0.717, 1.165) is 10.2 Å². The summed E-state index contributed by atoms with van der Waals surface area (Å²) in [7, 11) is 1.75. The number of carbonyl (C=O) groups is 1. The first-order valence-corrected chi connectivity index (χ1v) is 7.10. The summed E-state index contributed by atoms with van der Waals surface area (Å²) in [6.45, 7) is 4.85. The number of carbonyl (C=O) groups excluding carboxylic acids is 1. The average Bonchev–Trinajstić information content (AvgIpc) is 2.39. The summed E-state index contributed by atoms with van der Waals surface area (Å²) in [5.74, 6) is 0.883. The molecule has 0 fully saturated rings. The van der Waals surface area contributed by atoms with Crippen LogP contribution in [-0.2, 0) is 4.79 Å². The minimum absolute atomic E-state index is 0. The third-order valence-corrected chi connectivity index (χ3v) is 3.42. The predicted octanol–water partition coefficient (Wildman–Crippen LogP) is 2.69. The molecule has 0 saturated carbocycles. The fraction of sp³-hybridized carbons (Fsp3) is 0.500. The van der Waals surface area contributed by atoms with E-state index in [1.54, 1.807) is 11.9 Å². The van der Waals surface area contributed by atoms with Crippen LogP contribution < -0.4 is 10.5 Å². The van der Waals surface area contributed by atoms with E-state index in [9.17, 15) is 4.79 Å². The van der Waals surface area contributed by atoms with Crippen molar-refractivity contribution in [2.75, 3.05) is 20.2 Å². The molecule has 6 heteroatoms. The van der Waals surface area contributed by atoms with E-state index in [1.165, 1.54) is 0 Å². The molecule has 0 aliphatic rings. The van der Waals surface area contributed by atoms with Crippen molar-refractivity contribution in [3.63, 3.8) is 0 Å². The highest BCUT2D eigenvalue weighted by Crippen LogP contribution is 2.15. The highest BCUT2D eigenvalue weighted by molar-refractivity contribution is 9.10. The number of likely N-dealkylation sites (N-methyl/N-ethyl adjacent to an activating group) is 1. The summed E-state index contributed by atoms with van der Waals surface area (Å²) in [5, 5.41) is 0. The molecule has 1 rings (SSSR count). The molecule has 20 heavy (non-hydrogen) atoms. The molecule has 2 N–H and O–H groups in total. The maximum Gasteiger partial charge on any atom is 0.239 e. The van der Waals surface area contributed by atoms with E-state index in [-0.39, 0.29) is 24.2 Å². The van der Waals surface area contributed by atoms with E-state index >= 15 is 0 Å². The number of nitrogens with two attached hydrogens (primary N) is 1. The van der Waals surface area contributed by atoms with Crippen LogP contribution in [-0.4, -0.2) is 37.0 Å². The topological polar surface area (TPSA) is 55.6 Å². The van der Waals surface area contributed by atoms with Crippen LogP contribution in [0, 0.1) is 5.92 Å². The second-order valence-corrected chi connectivity index (χ2v) is 5.75. The van der Waals surface area contributed by atoms with Crippen molar-refractivity contribution >= 4 is 34.2 Å². The van der Waals surface area contributed by atoms with Crippen LogP contribution in [0.1, 0.15) is 13.8 Å². The smallest absolute Gasteiger partial charge is 0.239 e. The largest absolute Gasteiger partial charge is 0.492 e. The van der Waals surface area contributed by atoms with E-state index in [0.29, 0.717) is 13.2 Å². The molecule has 1 aromatic rings. The highest BCUT2D eigenvalue weighted by atomic mass is 79.9. The van der Waals surface area contributed by atoms with Crippen molar-refractivity contribution in [2.45, 2.75) is 19.9 Å². The number of hydrogen-bond donors (Lipinski definition) is 1. The lowest BCUT2D eigenvalue weighted by Crippen LogP contribution is -2.46. The first-order chi connectivity index (χ1) is 8.91. The minimum Gasteiger partial charge on any atom is -0.492 e. The molecule has 1 amide bonds. The number of amides is 1. The Labute approximate surface area is 135 Å². The van der Waals surface area contributed by atoms with Crippen molar-refractivity contribution in [1.29, 1.82) is 0 Å². The van der Waals surface area contributed by atoms with Crippen LogP contribution >= 0.6 is 28.3 Å². The van der Waals surface area contributed by atoms with Crippen LogP contribution in [0.2, 0.25) is 0 Å². The quantitative estimate of drug-likeness (QED) is 0.843. The molecule has 0 aliphatic carbocycles. The van der Waals surface area contributed by atoms with Crippen molar-refractivity contribution in [3.05, 3.63) is 28.7 Å². The Morgan fingerprint density at radius 1 is 1.35 bits per heavy atom. The van der Waals surface area contributed by atoms with E-state index in [1.807, 2.05) is 38.1 Å². The van der Waals surface area contributed by atoms with Crippen LogP contribution in [0.4, 0.5) is 0 Å². The zero-order valence-electron chi connectivity index (χ0n) is 12.0. The summed E-state index contributed by atoms with van der Waals surface area (Å²) < 4.78 is 6.58. The predicted molar refractivity (Wildman–Crippen MR) is 87.3 cm³/mol. The SMILES string of the molecule is CC(C)[C@@H](N)C(=O)N(C)CCOc1ccc(Br)cc1.Cl. The first kappa shape index (κ1) is 19.2. The Hall–Kier alpha value is -0.780. The first-order valence-electron chi connectivity index (χ1n) is 6.30. The van der Waals surface area contributed by atoms with Crippen LogP contribution in [0.5, 0.6) is 5.75 Å². The zero-order chi connectivity index (χ0) is 14.4. The normalized spacial score (nSPS) is 11.7. The van der Waals surface area contributed by atoms with Gasteiger partial charge < -0.3 is 15.4 Å². The van der Waals surface area contributed by atoms with Crippen molar-refractivity contribution in [1.82, 2.24) is 4.90 Å². The third-order valence-electron chi connectivity index (χ3n) is 2.89. The maximum atomic E-state index is 11.9. The van der Waals surface area contributed by atoms with Gasteiger partial charge in [0, 0.05) is 11.5 Å². The molecule has 0 heterocycles. The summed E-state index contributed by atoms with van der Waals surface area (Å²) in [6, 6.07) is 7.15. The van der Waals surface area contributed by atoms with Gasteiger partial charge in [-0.2, -0.15) is 0 Å². The lowest BCUT2D eigenvalue weighted by atomic mass is 10.0. The molecule has 0 radical (unpaired) electrons. The Kier molecular flexibility index (Phi) is 8.85. The van der Waals surface area contributed by atoms with Gasteiger partial charge in [0.2, 0.25) is 5.91 Å². The van der Waals surface area contributed by atoms with Gasteiger partial charge >= 0.3 is 0 Å². The number of nitrogens with zero attached hydrogens (tertiary/aromatic N) is 1. The number of ether oxygens (including phenoxy) is 1. The van der Waals surface area contributed by atoms with Gasteiger partial charge in [-0.15, -0.1) is 12.4 Å². The molecule has 0 saturated heterocycles. The van der Waals surface area contributed by atoms with Gasteiger partial charge in [0.25, 0.3) is 0 Å². The molecular weight excluding hydrogens is 344 g/mol. The van der Waals surface area contributed by atoms with Gasteiger partial charge in [0.15, 0.2) is 0 Å². The standard InChI is InChI=1S/C14H21BrN2O2.ClH/c1-10(2)13(16)14(18)17(3)8-9-19-12-6-4-11(15)5-7-12;/h4-7,10,13H,8-9,16H2,1-3H3;1H/t13-;/m1./s1. The van der Waals surface area contributed by atoms with E-state index in [2.05, 4.69) is 15.9 Å². The van der Waals surface area contributed by atoms with E-state index < -0.39 is 6.04 Å². The lowest BCUT2D eigenvalue weighted by Gasteiger charge is -2.23. The van der Waals surface area contributed by atoms with Gasteiger partial charge in [-0.25, -0.2) is 0 Å². The highest BCUT2D eigenvalue weighted by Gasteiger charge is 2.20. The Morgan fingerprint density at radius 3 is 2.40 bits per heavy atom. The summed E-state index contributed by atoms with van der Waals surface area (Å²) in [5.41, 5.74) is 5.82. The average molecular weight is 366 g/mol. The number of rotatable bonds is 6. The molecular formula is C14H22BrClN2O2. The van der Waals surface area contributed by atoms with Crippen LogP contribution in [0.3, 0.4) is 0 Å².